The molecule has 5 heteroatoms. The molecule has 2 atom stereocenters. The van der Waals surface area contributed by atoms with Crippen LogP contribution in [0.4, 0.5) is 0 Å². The van der Waals surface area contributed by atoms with Crippen LogP contribution >= 0.6 is 0 Å². The van der Waals surface area contributed by atoms with Gasteiger partial charge in [-0.25, -0.2) is 0 Å². The Labute approximate surface area is 174 Å². The third kappa shape index (κ3) is 4.40. The van der Waals surface area contributed by atoms with Crippen molar-refractivity contribution in [2.45, 2.75) is 38.8 Å². The fourth-order valence-corrected chi connectivity index (χ4v) is 4.35. The van der Waals surface area contributed by atoms with E-state index in [1.807, 2.05) is 49.1 Å². The molecular formula is C24H32N2O3. The van der Waals surface area contributed by atoms with E-state index in [0.29, 0.717) is 13.1 Å². The normalized spacial score (nSPS) is 17.7. The lowest BCUT2D eigenvalue weighted by Crippen LogP contribution is -2.42. The number of hydrogen-bond acceptors (Lipinski definition) is 4. The number of carbonyl (C=O) groups excluding carboxylic acids is 1. The first-order valence-electron chi connectivity index (χ1n) is 10.5. The Morgan fingerprint density at radius 2 is 1.83 bits per heavy atom. The highest BCUT2D eigenvalue weighted by Gasteiger charge is 2.39. The predicted octanol–water partition coefficient (Wildman–Crippen LogP) is 4.45. The van der Waals surface area contributed by atoms with Crippen molar-refractivity contribution < 1.29 is 14.3 Å². The zero-order valence-electron chi connectivity index (χ0n) is 17.9. The molecule has 2 aromatic rings. The van der Waals surface area contributed by atoms with Gasteiger partial charge in [-0.3, -0.25) is 9.69 Å². The molecule has 1 amide bonds. The molecule has 0 bridgehead atoms. The number of benzene rings is 2. The summed E-state index contributed by atoms with van der Waals surface area (Å²) in [5, 5.41) is 0. The summed E-state index contributed by atoms with van der Waals surface area (Å²) in [5.74, 6) is 1.75. The molecule has 2 aromatic carbocycles. The van der Waals surface area contributed by atoms with Crippen molar-refractivity contribution in [3.8, 4) is 11.5 Å². The number of amides is 1. The lowest BCUT2D eigenvalue weighted by molar-refractivity contribution is -0.137. The first-order chi connectivity index (χ1) is 14.1. The number of likely N-dealkylation sites (tertiary alicyclic amines) is 1. The Morgan fingerprint density at radius 3 is 2.45 bits per heavy atom. The molecule has 156 valence electrons. The molecule has 1 saturated heterocycles. The van der Waals surface area contributed by atoms with E-state index in [4.69, 9.17) is 9.47 Å². The van der Waals surface area contributed by atoms with Gasteiger partial charge in [-0.2, -0.15) is 0 Å². The number of rotatable bonds is 8. The zero-order chi connectivity index (χ0) is 20.8. The van der Waals surface area contributed by atoms with Crippen molar-refractivity contribution >= 4 is 5.91 Å². The second kappa shape index (κ2) is 9.79. The number of hydrogen-bond donors (Lipinski definition) is 0. The summed E-state index contributed by atoms with van der Waals surface area (Å²) in [4.78, 5) is 17.8. The van der Waals surface area contributed by atoms with Crippen LogP contribution in [0.15, 0.2) is 48.5 Å². The third-order valence-corrected chi connectivity index (χ3v) is 5.85. The highest BCUT2D eigenvalue weighted by molar-refractivity contribution is 5.83. The fourth-order valence-electron chi connectivity index (χ4n) is 4.35. The Balaban J connectivity index is 2.02. The van der Waals surface area contributed by atoms with Crippen molar-refractivity contribution in [3.05, 3.63) is 59.7 Å². The maximum atomic E-state index is 13.6. The van der Waals surface area contributed by atoms with Gasteiger partial charge in [-0.05, 0) is 44.9 Å². The summed E-state index contributed by atoms with van der Waals surface area (Å²) in [5.41, 5.74) is 2.16. The second-order valence-electron chi connectivity index (χ2n) is 7.33. The van der Waals surface area contributed by atoms with Crippen LogP contribution < -0.4 is 9.47 Å². The number of carbonyl (C=O) groups is 1. The van der Waals surface area contributed by atoms with E-state index in [2.05, 4.69) is 23.1 Å². The molecule has 0 spiro atoms. The summed E-state index contributed by atoms with van der Waals surface area (Å²) in [6.45, 7) is 6.38. The molecule has 5 nitrogen and oxygen atoms in total. The molecule has 29 heavy (non-hydrogen) atoms. The van der Waals surface area contributed by atoms with Crippen molar-refractivity contribution in [1.29, 1.82) is 0 Å². The molecule has 0 saturated carbocycles. The molecule has 1 fully saturated rings. The monoisotopic (exact) mass is 396 g/mol. The number of methoxy groups -OCH3 is 2. The first kappa shape index (κ1) is 21.2. The van der Waals surface area contributed by atoms with Gasteiger partial charge in [0.15, 0.2) is 0 Å². The molecule has 0 aromatic heterocycles. The van der Waals surface area contributed by atoms with Crippen LogP contribution in [-0.2, 0) is 4.79 Å². The topological polar surface area (TPSA) is 42.0 Å². The second-order valence-corrected chi connectivity index (χ2v) is 7.33. The Bertz CT molecular complexity index is 805. The minimum absolute atomic E-state index is 0.126. The van der Waals surface area contributed by atoms with E-state index >= 15 is 0 Å². The summed E-state index contributed by atoms with van der Waals surface area (Å²) in [7, 11) is 3.35. The van der Waals surface area contributed by atoms with E-state index in [1.54, 1.807) is 14.2 Å². The minimum Gasteiger partial charge on any atom is -0.497 e. The summed E-state index contributed by atoms with van der Waals surface area (Å²) in [6, 6.07) is 15.9. The lowest BCUT2D eigenvalue weighted by atomic mass is 9.98. The van der Waals surface area contributed by atoms with Gasteiger partial charge in [0, 0.05) is 30.8 Å². The molecule has 0 aliphatic carbocycles. The Kier molecular flexibility index (Phi) is 7.15. The largest absolute Gasteiger partial charge is 0.497 e. The SMILES string of the molecule is CCN(CC)C(=O)[C@H](c1ccccc1)N1CCC[C@@H]1c1ccc(OC)cc1OC. The van der Waals surface area contributed by atoms with Crippen LogP contribution in [0, 0.1) is 0 Å². The Morgan fingerprint density at radius 1 is 1.10 bits per heavy atom. The average Bonchev–Trinajstić information content (AvgIpc) is 3.24. The maximum Gasteiger partial charge on any atom is 0.244 e. The number of ether oxygens (including phenoxy) is 2. The molecule has 0 radical (unpaired) electrons. The van der Waals surface area contributed by atoms with Crippen LogP contribution in [0.5, 0.6) is 11.5 Å². The molecule has 0 N–H and O–H groups in total. The van der Waals surface area contributed by atoms with Gasteiger partial charge in [0.05, 0.1) is 14.2 Å². The van der Waals surface area contributed by atoms with Gasteiger partial charge in [0.2, 0.25) is 5.91 Å². The van der Waals surface area contributed by atoms with E-state index in [9.17, 15) is 4.79 Å². The van der Waals surface area contributed by atoms with E-state index in [1.165, 1.54) is 0 Å². The van der Waals surface area contributed by atoms with Gasteiger partial charge in [0.1, 0.15) is 17.5 Å². The van der Waals surface area contributed by atoms with Crippen LogP contribution in [0.3, 0.4) is 0 Å². The van der Waals surface area contributed by atoms with Gasteiger partial charge in [-0.1, -0.05) is 36.4 Å². The smallest absolute Gasteiger partial charge is 0.244 e. The highest BCUT2D eigenvalue weighted by atomic mass is 16.5. The quantitative estimate of drug-likeness (QED) is 0.661. The van der Waals surface area contributed by atoms with Gasteiger partial charge in [-0.15, -0.1) is 0 Å². The standard InChI is InChI=1S/C24H32N2O3/c1-5-25(6-2)24(27)23(18-11-8-7-9-12-18)26-16-10-13-21(26)20-15-14-19(28-3)17-22(20)29-4/h7-9,11-12,14-15,17,21,23H,5-6,10,13,16H2,1-4H3/t21-,23+/m1/s1. The molecule has 1 aliphatic heterocycles. The third-order valence-electron chi connectivity index (χ3n) is 5.85. The van der Waals surface area contributed by atoms with Gasteiger partial charge >= 0.3 is 0 Å². The average molecular weight is 397 g/mol. The summed E-state index contributed by atoms with van der Waals surface area (Å²) in [6.07, 6.45) is 2.05. The van der Waals surface area contributed by atoms with Crippen molar-refractivity contribution in [2.24, 2.45) is 0 Å². The van der Waals surface area contributed by atoms with E-state index < -0.39 is 0 Å². The molecule has 1 heterocycles. The summed E-state index contributed by atoms with van der Waals surface area (Å²) < 4.78 is 11.0. The molecule has 0 unspecified atom stereocenters. The first-order valence-corrected chi connectivity index (χ1v) is 10.5. The number of nitrogens with zero attached hydrogens (tertiary/aromatic N) is 2. The van der Waals surface area contributed by atoms with Crippen LogP contribution in [0.25, 0.3) is 0 Å². The maximum absolute atomic E-state index is 13.6. The van der Waals surface area contributed by atoms with E-state index in [-0.39, 0.29) is 18.0 Å². The van der Waals surface area contributed by atoms with Crippen LogP contribution in [-0.4, -0.2) is 49.6 Å². The van der Waals surface area contributed by atoms with Crippen LogP contribution in [0.1, 0.15) is 49.9 Å². The molecule has 3 rings (SSSR count). The van der Waals surface area contributed by atoms with Crippen molar-refractivity contribution in [1.82, 2.24) is 9.80 Å². The molecular weight excluding hydrogens is 364 g/mol. The lowest BCUT2D eigenvalue weighted by Gasteiger charge is -2.36. The number of likely N-dealkylation sites (N-methyl/N-ethyl adjacent to an activating group) is 1. The molecule has 1 aliphatic rings. The van der Waals surface area contributed by atoms with Crippen molar-refractivity contribution in [3.63, 3.8) is 0 Å². The highest BCUT2D eigenvalue weighted by Crippen LogP contribution is 2.43. The van der Waals surface area contributed by atoms with Gasteiger partial charge in [0.25, 0.3) is 0 Å². The fraction of sp³-hybridized carbons (Fsp3) is 0.458. The minimum atomic E-state index is -0.296. The zero-order valence-corrected chi connectivity index (χ0v) is 17.9. The van der Waals surface area contributed by atoms with Gasteiger partial charge < -0.3 is 14.4 Å². The Hall–Kier alpha value is -2.53. The summed E-state index contributed by atoms with van der Waals surface area (Å²) >= 11 is 0. The van der Waals surface area contributed by atoms with Crippen molar-refractivity contribution in [2.75, 3.05) is 33.9 Å². The van der Waals surface area contributed by atoms with Crippen LogP contribution in [0.2, 0.25) is 0 Å². The predicted molar refractivity (Wildman–Crippen MR) is 115 cm³/mol. The van der Waals surface area contributed by atoms with E-state index in [0.717, 1.165) is 42.0 Å².